The largest absolute Gasteiger partial charge is 0.371 e. The number of para-hydroxylation sites is 1. The molecule has 1 aromatic rings. The maximum Gasteiger partial charge on any atom is 0.0388 e. The predicted molar refractivity (Wildman–Crippen MR) is 68.6 cm³/mol. The fourth-order valence-electron chi connectivity index (χ4n) is 3.17. The number of likely N-dealkylation sites (N-methyl/N-ethyl adjacent to an activating group) is 1. The Morgan fingerprint density at radius 1 is 1.19 bits per heavy atom. The summed E-state index contributed by atoms with van der Waals surface area (Å²) in [6, 6.07) is 10.7. The quantitative estimate of drug-likeness (QED) is 0.695. The summed E-state index contributed by atoms with van der Waals surface area (Å²) >= 11 is 0. The van der Waals surface area contributed by atoms with Gasteiger partial charge in [0.1, 0.15) is 0 Å². The fraction of sp³-hybridized carbons (Fsp3) is 0.467. The number of fused-ring (bicyclic) bond motifs is 2. The van der Waals surface area contributed by atoms with Crippen molar-refractivity contribution in [3.63, 3.8) is 0 Å². The third kappa shape index (κ3) is 1.75. The molecule has 16 heavy (non-hydrogen) atoms. The second-order valence-electron chi connectivity index (χ2n) is 5.20. The molecule has 2 unspecified atom stereocenters. The van der Waals surface area contributed by atoms with Crippen LogP contribution in [-0.2, 0) is 0 Å². The maximum absolute atomic E-state index is 2.54. The Labute approximate surface area is 97.8 Å². The van der Waals surface area contributed by atoms with Crippen molar-refractivity contribution in [3.8, 4) is 0 Å². The first-order valence-corrected chi connectivity index (χ1v) is 6.29. The van der Waals surface area contributed by atoms with Gasteiger partial charge in [0.2, 0.25) is 0 Å². The molecule has 1 heteroatoms. The van der Waals surface area contributed by atoms with Gasteiger partial charge in [0.25, 0.3) is 0 Å². The topological polar surface area (TPSA) is 3.24 Å². The minimum absolute atomic E-state index is 0.899. The molecular formula is C15H19N. The van der Waals surface area contributed by atoms with Gasteiger partial charge in [-0.15, -0.1) is 0 Å². The van der Waals surface area contributed by atoms with E-state index in [1.807, 2.05) is 0 Å². The summed E-state index contributed by atoms with van der Waals surface area (Å²) < 4.78 is 0. The summed E-state index contributed by atoms with van der Waals surface area (Å²) in [7, 11) is 2.20. The van der Waals surface area contributed by atoms with E-state index < -0.39 is 0 Å². The van der Waals surface area contributed by atoms with Crippen LogP contribution >= 0.6 is 0 Å². The van der Waals surface area contributed by atoms with E-state index in [9.17, 15) is 0 Å². The van der Waals surface area contributed by atoms with E-state index in [-0.39, 0.29) is 0 Å². The number of nitrogens with zero attached hydrogens (tertiary/aromatic N) is 1. The molecule has 2 aliphatic rings. The van der Waals surface area contributed by atoms with Crippen molar-refractivity contribution in [1.29, 1.82) is 0 Å². The average Bonchev–Trinajstić information content (AvgIpc) is 2.92. The van der Waals surface area contributed by atoms with Crippen LogP contribution in [0, 0.1) is 11.8 Å². The van der Waals surface area contributed by atoms with Gasteiger partial charge in [-0.2, -0.15) is 0 Å². The Kier molecular flexibility index (Phi) is 2.47. The minimum Gasteiger partial charge on any atom is -0.371 e. The van der Waals surface area contributed by atoms with Crippen LogP contribution in [-0.4, -0.2) is 13.6 Å². The molecule has 0 saturated heterocycles. The lowest BCUT2D eigenvalue weighted by Crippen LogP contribution is -2.22. The average molecular weight is 213 g/mol. The van der Waals surface area contributed by atoms with Crippen LogP contribution in [0.3, 0.4) is 0 Å². The monoisotopic (exact) mass is 213 g/mol. The van der Waals surface area contributed by atoms with Gasteiger partial charge in [0, 0.05) is 19.3 Å². The van der Waals surface area contributed by atoms with Crippen molar-refractivity contribution in [1.82, 2.24) is 0 Å². The number of hydrogen-bond acceptors (Lipinski definition) is 1. The predicted octanol–water partition coefficient (Wildman–Crippen LogP) is 3.48. The molecule has 84 valence electrons. The maximum atomic E-state index is 2.54. The van der Waals surface area contributed by atoms with Crippen LogP contribution in [0.2, 0.25) is 0 Å². The Bertz CT molecular complexity index is 393. The summed E-state index contributed by atoms with van der Waals surface area (Å²) in [5.41, 5.74) is 3.01. The molecule has 2 atom stereocenters. The van der Waals surface area contributed by atoms with E-state index in [1.54, 1.807) is 5.57 Å². The smallest absolute Gasteiger partial charge is 0.0388 e. The first-order chi connectivity index (χ1) is 7.83. The molecule has 0 heterocycles. The summed E-state index contributed by atoms with van der Waals surface area (Å²) in [6.07, 6.45) is 6.83. The third-order valence-electron chi connectivity index (χ3n) is 4.06. The van der Waals surface area contributed by atoms with Crippen molar-refractivity contribution in [2.24, 2.45) is 11.8 Å². The molecule has 1 saturated carbocycles. The van der Waals surface area contributed by atoms with Gasteiger partial charge in [-0.3, -0.25) is 0 Å². The van der Waals surface area contributed by atoms with Gasteiger partial charge in [-0.25, -0.2) is 0 Å². The van der Waals surface area contributed by atoms with Crippen molar-refractivity contribution in [3.05, 3.63) is 42.0 Å². The van der Waals surface area contributed by atoms with Crippen molar-refractivity contribution in [2.75, 3.05) is 18.5 Å². The minimum atomic E-state index is 0.899. The molecule has 0 radical (unpaired) electrons. The van der Waals surface area contributed by atoms with Crippen LogP contribution in [0.5, 0.6) is 0 Å². The number of anilines is 1. The highest BCUT2D eigenvalue weighted by Crippen LogP contribution is 2.43. The Hall–Kier alpha value is -1.24. The van der Waals surface area contributed by atoms with Crippen molar-refractivity contribution < 1.29 is 0 Å². The Morgan fingerprint density at radius 3 is 2.62 bits per heavy atom. The molecular weight excluding hydrogens is 194 g/mol. The third-order valence-corrected chi connectivity index (χ3v) is 4.06. The highest BCUT2D eigenvalue weighted by molar-refractivity contribution is 5.47. The molecule has 3 rings (SSSR count). The van der Waals surface area contributed by atoms with Crippen LogP contribution in [0.15, 0.2) is 42.0 Å². The molecule has 0 N–H and O–H groups in total. The van der Waals surface area contributed by atoms with E-state index in [1.165, 1.54) is 24.9 Å². The lowest BCUT2D eigenvalue weighted by Gasteiger charge is -2.23. The van der Waals surface area contributed by atoms with E-state index in [0.29, 0.717) is 0 Å². The lowest BCUT2D eigenvalue weighted by atomic mass is 9.98. The van der Waals surface area contributed by atoms with Crippen LogP contribution in [0.1, 0.15) is 19.3 Å². The number of benzene rings is 1. The molecule has 2 aliphatic carbocycles. The van der Waals surface area contributed by atoms with Crippen molar-refractivity contribution in [2.45, 2.75) is 19.3 Å². The number of hydrogen-bond donors (Lipinski definition) is 0. The highest BCUT2D eigenvalue weighted by Gasteiger charge is 2.32. The Balaban J connectivity index is 1.70. The van der Waals surface area contributed by atoms with E-state index in [0.717, 1.165) is 18.4 Å². The Morgan fingerprint density at radius 2 is 2.00 bits per heavy atom. The SMILES string of the molecule is CN(CC1=CC2CCC1C2)c1ccccc1. The van der Waals surface area contributed by atoms with Gasteiger partial charge < -0.3 is 4.90 Å². The number of rotatable bonds is 3. The molecule has 1 aromatic carbocycles. The second kappa shape index (κ2) is 3.97. The molecule has 0 aliphatic heterocycles. The zero-order valence-corrected chi connectivity index (χ0v) is 9.89. The van der Waals surface area contributed by atoms with Gasteiger partial charge in [0.05, 0.1) is 0 Å². The zero-order valence-electron chi connectivity index (χ0n) is 9.89. The molecule has 0 aromatic heterocycles. The van der Waals surface area contributed by atoms with Crippen molar-refractivity contribution >= 4 is 5.69 Å². The van der Waals surface area contributed by atoms with Gasteiger partial charge >= 0.3 is 0 Å². The highest BCUT2D eigenvalue weighted by atomic mass is 15.1. The van der Waals surface area contributed by atoms with Crippen LogP contribution in [0.4, 0.5) is 5.69 Å². The molecule has 2 bridgehead atoms. The van der Waals surface area contributed by atoms with Crippen LogP contribution < -0.4 is 4.90 Å². The first-order valence-electron chi connectivity index (χ1n) is 6.29. The summed E-state index contributed by atoms with van der Waals surface area (Å²) in [5, 5.41) is 0. The normalized spacial score (nSPS) is 26.9. The second-order valence-corrected chi connectivity index (χ2v) is 5.20. The summed E-state index contributed by atoms with van der Waals surface area (Å²) in [5.74, 6) is 1.81. The van der Waals surface area contributed by atoms with Gasteiger partial charge in [-0.05, 0) is 43.2 Å². The standard InChI is InChI=1S/C15H19N/c1-16(15-5-3-2-4-6-15)11-14-10-12-7-8-13(14)9-12/h2-6,10,12-13H,7-9,11H2,1H3. The van der Waals surface area contributed by atoms with E-state index in [2.05, 4.69) is 48.4 Å². The summed E-state index contributed by atoms with van der Waals surface area (Å²) in [4.78, 5) is 2.37. The van der Waals surface area contributed by atoms with Crippen LogP contribution in [0.25, 0.3) is 0 Å². The van der Waals surface area contributed by atoms with Gasteiger partial charge in [0.15, 0.2) is 0 Å². The zero-order chi connectivity index (χ0) is 11.0. The fourth-order valence-corrected chi connectivity index (χ4v) is 3.17. The summed E-state index contributed by atoms with van der Waals surface area (Å²) in [6.45, 7) is 1.12. The van der Waals surface area contributed by atoms with Gasteiger partial charge in [-0.1, -0.05) is 29.8 Å². The molecule has 0 amide bonds. The van der Waals surface area contributed by atoms with E-state index in [4.69, 9.17) is 0 Å². The number of allylic oxidation sites excluding steroid dienone is 1. The van der Waals surface area contributed by atoms with E-state index >= 15 is 0 Å². The molecule has 1 fully saturated rings. The molecule has 0 spiro atoms. The lowest BCUT2D eigenvalue weighted by molar-refractivity contribution is 0.639. The first kappa shape index (κ1) is 9.95. The molecule has 1 nitrogen and oxygen atoms in total.